The van der Waals surface area contributed by atoms with Crippen molar-refractivity contribution in [2.24, 2.45) is 5.92 Å². The lowest BCUT2D eigenvalue weighted by molar-refractivity contribution is -0.126. The summed E-state index contributed by atoms with van der Waals surface area (Å²) in [4.78, 5) is 45.8. The van der Waals surface area contributed by atoms with Gasteiger partial charge in [0.25, 0.3) is 5.91 Å². The fraction of sp³-hybridized carbons (Fsp3) is 0.720. The van der Waals surface area contributed by atoms with Crippen LogP contribution in [0.15, 0.2) is 0 Å². The van der Waals surface area contributed by atoms with Gasteiger partial charge in [0, 0.05) is 37.9 Å². The van der Waals surface area contributed by atoms with Gasteiger partial charge in [0.15, 0.2) is 0 Å². The molecule has 0 radical (unpaired) electrons. The van der Waals surface area contributed by atoms with E-state index in [9.17, 15) is 14.4 Å². The third-order valence-electron chi connectivity index (χ3n) is 6.92. The number of aromatic nitrogens is 1. The zero-order valence-electron chi connectivity index (χ0n) is 20.8. The Bertz CT molecular complexity index is 863. The number of carbonyl (C=O) groups excluding carboxylic acids is 3. The largest absolute Gasteiger partial charge is 0.459 e. The zero-order chi connectivity index (χ0) is 24.1. The number of esters is 1. The van der Waals surface area contributed by atoms with E-state index in [0.717, 1.165) is 25.9 Å². The maximum Gasteiger partial charge on any atom is 0.340 e. The first kappa shape index (κ1) is 25.3. The minimum atomic E-state index is -0.422. The molecule has 2 N–H and O–H groups in total. The van der Waals surface area contributed by atoms with Gasteiger partial charge < -0.3 is 19.9 Å². The Morgan fingerprint density at radius 3 is 2.58 bits per heavy atom. The van der Waals surface area contributed by atoms with Crippen molar-refractivity contribution in [3.63, 3.8) is 0 Å². The summed E-state index contributed by atoms with van der Waals surface area (Å²) in [6.45, 7) is 13.0. The van der Waals surface area contributed by atoms with Crippen molar-refractivity contribution in [3.8, 4) is 0 Å². The summed E-state index contributed by atoms with van der Waals surface area (Å²) in [5.74, 6) is -0.769. The molecule has 1 aromatic rings. The van der Waals surface area contributed by atoms with E-state index in [4.69, 9.17) is 4.74 Å². The van der Waals surface area contributed by atoms with Gasteiger partial charge >= 0.3 is 5.97 Å². The second-order valence-corrected chi connectivity index (χ2v) is 9.84. The third kappa shape index (κ3) is 6.16. The molecule has 0 unspecified atom stereocenters. The fourth-order valence-electron chi connectivity index (χ4n) is 5.03. The van der Waals surface area contributed by atoms with Gasteiger partial charge in [0.1, 0.15) is 5.69 Å². The maximum atomic E-state index is 13.3. The monoisotopic (exact) mass is 460 g/mol. The molecule has 8 heteroatoms. The molecule has 3 rings (SSSR count). The highest BCUT2D eigenvalue weighted by molar-refractivity contribution is 6.00. The highest BCUT2D eigenvalue weighted by atomic mass is 16.5. The Labute approximate surface area is 197 Å². The number of aryl methyl sites for hydroxylation is 1. The smallest absolute Gasteiger partial charge is 0.340 e. The number of nitrogens with zero attached hydrogens (tertiary/aromatic N) is 2. The molecule has 0 aliphatic carbocycles. The van der Waals surface area contributed by atoms with Crippen LogP contribution in [0.5, 0.6) is 0 Å². The van der Waals surface area contributed by atoms with Gasteiger partial charge in [-0.25, -0.2) is 4.79 Å². The van der Waals surface area contributed by atoms with Crippen LogP contribution in [0.3, 0.4) is 0 Å². The predicted octanol–water partition coefficient (Wildman–Crippen LogP) is 3.04. The van der Waals surface area contributed by atoms with E-state index in [-0.39, 0.29) is 23.8 Å². The van der Waals surface area contributed by atoms with Gasteiger partial charge in [-0.15, -0.1) is 0 Å². The number of H-pyrrole nitrogens is 1. The Kier molecular flexibility index (Phi) is 8.57. The first-order valence-electron chi connectivity index (χ1n) is 12.4. The van der Waals surface area contributed by atoms with Crippen molar-refractivity contribution in [2.75, 3.05) is 32.7 Å². The average molecular weight is 461 g/mol. The number of rotatable bonds is 7. The summed E-state index contributed by atoms with van der Waals surface area (Å²) in [6.07, 6.45) is 5.08. The van der Waals surface area contributed by atoms with Crippen LogP contribution in [0.25, 0.3) is 0 Å². The number of aromatic amines is 1. The molecule has 184 valence electrons. The number of hydrogen-bond donors (Lipinski definition) is 2. The number of carbonyl (C=O) groups is 3. The highest BCUT2D eigenvalue weighted by Crippen LogP contribution is 2.24. The second-order valence-electron chi connectivity index (χ2n) is 9.84. The van der Waals surface area contributed by atoms with Gasteiger partial charge in [-0.2, -0.15) is 0 Å². The minimum Gasteiger partial charge on any atom is -0.459 e. The molecule has 2 aliphatic heterocycles. The molecule has 0 aromatic carbocycles. The summed E-state index contributed by atoms with van der Waals surface area (Å²) in [5, 5.41) is 3.09. The van der Waals surface area contributed by atoms with E-state index in [1.165, 1.54) is 19.3 Å². The Morgan fingerprint density at radius 2 is 1.88 bits per heavy atom. The number of likely N-dealkylation sites (tertiary alicyclic amines) is 2. The molecule has 0 spiro atoms. The maximum absolute atomic E-state index is 13.3. The summed E-state index contributed by atoms with van der Waals surface area (Å²) in [5.41, 5.74) is 2.05. The average Bonchev–Trinajstić information content (AvgIpc) is 3.08. The first-order chi connectivity index (χ1) is 15.7. The van der Waals surface area contributed by atoms with E-state index in [0.29, 0.717) is 48.2 Å². The van der Waals surface area contributed by atoms with Crippen LogP contribution in [0.2, 0.25) is 0 Å². The number of ether oxygens (including phenoxy) is 1. The second kappa shape index (κ2) is 11.2. The van der Waals surface area contributed by atoms with Crippen LogP contribution in [-0.2, 0) is 9.53 Å². The molecule has 2 saturated heterocycles. The van der Waals surface area contributed by atoms with Crippen LogP contribution < -0.4 is 5.32 Å². The lowest BCUT2D eigenvalue weighted by Crippen LogP contribution is -2.47. The lowest BCUT2D eigenvalue weighted by Gasteiger charge is -2.34. The number of nitrogens with one attached hydrogen (secondary N) is 2. The van der Waals surface area contributed by atoms with Gasteiger partial charge in [-0.1, -0.05) is 6.42 Å². The van der Waals surface area contributed by atoms with E-state index in [1.807, 2.05) is 0 Å². The predicted molar refractivity (Wildman–Crippen MR) is 127 cm³/mol. The number of piperidine rings is 2. The van der Waals surface area contributed by atoms with E-state index in [2.05, 4.69) is 22.1 Å². The molecule has 0 saturated carbocycles. The Balaban J connectivity index is 1.58. The van der Waals surface area contributed by atoms with Crippen LogP contribution in [0.4, 0.5) is 0 Å². The van der Waals surface area contributed by atoms with Gasteiger partial charge in [-0.3, -0.25) is 14.5 Å². The zero-order valence-corrected chi connectivity index (χ0v) is 20.8. The van der Waals surface area contributed by atoms with Gasteiger partial charge in [-0.05, 0) is 72.4 Å². The Hall–Kier alpha value is -2.35. The fourth-order valence-corrected chi connectivity index (χ4v) is 5.03. The quantitative estimate of drug-likeness (QED) is 0.610. The van der Waals surface area contributed by atoms with Crippen molar-refractivity contribution >= 4 is 17.8 Å². The molecule has 2 amide bonds. The molecule has 33 heavy (non-hydrogen) atoms. The van der Waals surface area contributed by atoms with Crippen molar-refractivity contribution in [2.45, 2.75) is 78.9 Å². The number of hydrogen-bond acceptors (Lipinski definition) is 5. The normalized spacial score (nSPS) is 21.8. The van der Waals surface area contributed by atoms with Gasteiger partial charge in [0.05, 0.1) is 17.6 Å². The topological polar surface area (TPSA) is 94.7 Å². The number of amides is 2. The van der Waals surface area contributed by atoms with E-state index < -0.39 is 5.97 Å². The summed E-state index contributed by atoms with van der Waals surface area (Å²) < 4.78 is 5.33. The van der Waals surface area contributed by atoms with Crippen molar-refractivity contribution in [1.82, 2.24) is 20.1 Å². The molecule has 0 bridgehead atoms. The van der Waals surface area contributed by atoms with Crippen molar-refractivity contribution in [3.05, 3.63) is 22.5 Å². The van der Waals surface area contributed by atoms with Crippen LogP contribution >= 0.6 is 0 Å². The minimum absolute atomic E-state index is 0.0257. The SMILES string of the molecule is Cc1[nH]c(C(=O)N2CCC[C@@H](C(=O)NCCN3CCCC[C@@H]3C)C2)c(C)c1C(=O)OC(C)C. The molecule has 2 aliphatic rings. The van der Waals surface area contributed by atoms with E-state index in [1.54, 1.807) is 32.6 Å². The summed E-state index contributed by atoms with van der Waals surface area (Å²) in [7, 11) is 0. The Morgan fingerprint density at radius 1 is 1.12 bits per heavy atom. The standard InChI is InChI=1S/C25H40N4O4/c1-16(2)33-25(32)21-18(4)22(27-19(21)5)24(31)29-13-8-10-20(15-29)23(30)26-11-14-28-12-7-6-9-17(28)3/h16-17,20,27H,6-15H2,1-5H3,(H,26,30)/t17-,20+/m0/s1. The van der Waals surface area contributed by atoms with Gasteiger partial charge in [0.2, 0.25) is 5.91 Å². The molecule has 8 nitrogen and oxygen atoms in total. The molecule has 1 aromatic heterocycles. The van der Waals surface area contributed by atoms with Crippen LogP contribution in [0.1, 0.15) is 85.0 Å². The summed E-state index contributed by atoms with van der Waals surface area (Å²) in [6, 6.07) is 0.577. The van der Waals surface area contributed by atoms with Crippen molar-refractivity contribution in [1.29, 1.82) is 0 Å². The van der Waals surface area contributed by atoms with Crippen LogP contribution in [0, 0.1) is 19.8 Å². The third-order valence-corrected chi connectivity index (χ3v) is 6.92. The van der Waals surface area contributed by atoms with Crippen LogP contribution in [-0.4, -0.2) is 77.4 Å². The molecule has 3 heterocycles. The lowest BCUT2D eigenvalue weighted by atomic mass is 9.96. The van der Waals surface area contributed by atoms with Crippen molar-refractivity contribution < 1.29 is 19.1 Å². The molecule has 2 atom stereocenters. The molecule has 2 fully saturated rings. The summed E-state index contributed by atoms with van der Waals surface area (Å²) >= 11 is 0. The first-order valence-corrected chi connectivity index (χ1v) is 12.4. The van der Waals surface area contributed by atoms with E-state index >= 15 is 0 Å². The molecular weight excluding hydrogens is 420 g/mol. The molecular formula is C25H40N4O4. The highest BCUT2D eigenvalue weighted by Gasteiger charge is 2.32.